The molecule has 2 N–H and O–H groups in total. The van der Waals surface area contributed by atoms with Gasteiger partial charge in [-0.25, -0.2) is 0 Å². The quantitative estimate of drug-likeness (QED) is 0.422. The smallest absolute Gasteiger partial charge is 0.283 e. The van der Waals surface area contributed by atoms with Crippen molar-refractivity contribution in [1.82, 2.24) is 4.90 Å². The number of nitrogens with two attached hydrogens (primary N) is 1. The Kier molecular flexibility index (Phi) is 7.53. The lowest BCUT2D eigenvalue weighted by atomic mass is 10.2. The summed E-state index contributed by atoms with van der Waals surface area (Å²) in [4.78, 5) is 36.0. The first-order valence-electron chi connectivity index (χ1n) is 7.39. The average molecular weight is 339 g/mol. The topological polar surface area (TPSA) is 107 Å². The van der Waals surface area contributed by atoms with Crippen LogP contribution in [-0.2, 0) is 4.79 Å². The molecule has 126 valence electrons. The molecule has 0 radical (unpaired) electrons. The number of primary amides is 1. The van der Waals surface area contributed by atoms with Crippen molar-refractivity contribution < 1.29 is 14.5 Å². The van der Waals surface area contributed by atoms with Crippen LogP contribution in [0.25, 0.3) is 0 Å². The van der Waals surface area contributed by atoms with Gasteiger partial charge in [0.2, 0.25) is 11.8 Å². The second-order valence-electron chi connectivity index (χ2n) is 4.97. The summed E-state index contributed by atoms with van der Waals surface area (Å²) in [6.45, 7) is 5.35. The van der Waals surface area contributed by atoms with E-state index in [1.807, 2.05) is 13.8 Å². The summed E-state index contributed by atoms with van der Waals surface area (Å²) >= 11 is 1.10. The van der Waals surface area contributed by atoms with Crippen LogP contribution < -0.4 is 5.73 Å². The van der Waals surface area contributed by atoms with Crippen molar-refractivity contribution in [3.05, 3.63) is 33.9 Å². The van der Waals surface area contributed by atoms with Gasteiger partial charge in [0, 0.05) is 24.7 Å². The lowest BCUT2D eigenvalue weighted by Gasteiger charge is -2.21. The third-order valence-electron chi connectivity index (χ3n) is 3.13. The second kappa shape index (κ2) is 9.14. The molecule has 0 saturated carbocycles. The summed E-state index contributed by atoms with van der Waals surface area (Å²) in [7, 11) is 0. The molecule has 0 spiro atoms. The van der Waals surface area contributed by atoms with Crippen LogP contribution in [0.3, 0.4) is 0 Å². The summed E-state index contributed by atoms with van der Waals surface area (Å²) in [6, 6.07) is 4.03. The van der Waals surface area contributed by atoms with E-state index in [-0.39, 0.29) is 22.9 Å². The van der Waals surface area contributed by atoms with Crippen molar-refractivity contribution in [1.29, 1.82) is 0 Å². The molecule has 1 aromatic carbocycles. The van der Waals surface area contributed by atoms with Crippen molar-refractivity contribution in [2.45, 2.75) is 31.6 Å². The molecule has 0 aliphatic heterocycles. The van der Waals surface area contributed by atoms with E-state index >= 15 is 0 Å². The Morgan fingerprint density at radius 3 is 2.35 bits per heavy atom. The summed E-state index contributed by atoms with van der Waals surface area (Å²) in [5.41, 5.74) is 5.00. The minimum absolute atomic E-state index is 0.0491. The second-order valence-corrected chi connectivity index (χ2v) is 5.99. The molecular weight excluding hydrogens is 318 g/mol. The van der Waals surface area contributed by atoms with Gasteiger partial charge in [0.15, 0.2) is 0 Å². The van der Waals surface area contributed by atoms with Gasteiger partial charge in [-0.05, 0) is 25.0 Å². The lowest BCUT2D eigenvalue weighted by Crippen LogP contribution is -2.33. The lowest BCUT2D eigenvalue weighted by molar-refractivity contribution is -0.387. The first kappa shape index (κ1) is 19.0. The predicted molar refractivity (Wildman–Crippen MR) is 89.5 cm³/mol. The summed E-state index contributed by atoms with van der Waals surface area (Å²) in [5, 5.41) is 11.1. The molecule has 0 saturated heterocycles. The first-order chi connectivity index (χ1) is 10.9. The molecule has 0 aliphatic rings. The Bertz CT molecular complexity index is 586. The summed E-state index contributed by atoms with van der Waals surface area (Å²) < 4.78 is 0. The van der Waals surface area contributed by atoms with Crippen molar-refractivity contribution in [2.24, 2.45) is 5.73 Å². The fraction of sp³-hybridized carbons (Fsp3) is 0.467. The fourth-order valence-corrected chi connectivity index (χ4v) is 2.97. The number of thioether (sulfide) groups is 1. The van der Waals surface area contributed by atoms with Crippen LogP contribution in [0.4, 0.5) is 5.69 Å². The molecule has 0 bridgehead atoms. The molecular formula is C15H21N3O4S. The Morgan fingerprint density at radius 1 is 1.26 bits per heavy atom. The van der Waals surface area contributed by atoms with Crippen LogP contribution in [0.5, 0.6) is 0 Å². The van der Waals surface area contributed by atoms with Gasteiger partial charge < -0.3 is 10.6 Å². The van der Waals surface area contributed by atoms with E-state index in [0.29, 0.717) is 18.0 Å². The number of carbonyl (C=O) groups excluding carboxylic acids is 2. The maximum Gasteiger partial charge on any atom is 0.283 e. The van der Waals surface area contributed by atoms with Gasteiger partial charge >= 0.3 is 0 Å². The molecule has 0 atom stereocenters. The van der Waals surface area contributed by atoms with Gasteiger partial charge in [0.1, 0.15) is 0 Å². The molecule has 0 fully saturated rings. The third kappa shape index (κ3) is 5.55. The number of amides is 2. The predicted octanol–water partition coefficient (Wildman–Crippen LogP) is 2.43. The number of nitro benzene ring substituents is 1. The molecule has 0 aliphatic carbocycles. The zero-order valence-electron chi connectivity index (χ0n) is 13.3. The monoisotopic (exact) mass is 339 g/mol. The third-order valence-corrected chi connectivity index (χ3v) is 4.18. The highest BCUT2D eigenvalue weighted by molar-refractivity contribution is 8.00. The summed E-state index contributed by atoms with van der Waals surface area (Å²) in [6.07, 6.45) is 1.73. The average Bonchev–Trinajstić information content (AvgIpc) is 2.51. The van der Waals surface area contributed by atoms with Gasteiger partial charge in [-0.3, -0.25) is 19.7 Å². The molecule has 0 aromatic heterocycles. The van der Waals surface area contributed by atoms with Crippen LogP contribution in [0, 0.1) is 10.1 Å². The molecule has 8 heteroatoms. The molecule has 2 amide bonds. The Labute approximate surface area is 139 Å². The standard InChI is InChI=1S/C15H21N3O4S/c1-3-7-17(8-4-2)14(19)10-23-13-6-5-11(15(16)20)9-12(13)18(21)22/h5-6,9H,3-4,7-8,10H2,1-2H3,(H2,16,20). The number of carbonyl (C=O) groups is 2. The molecule has 0 unspecified atom stereocenters. The van der Waals surface area contributed by atoms with Crippen molar-refractivity contribution in [3.8, 4) is 0 Å². The van der Waals surface area contributed by atoms with E-state index in [4.69, 9.17) is 5.73 Å². The molecule has 1 rings (SSSR count). The van der Waals surface area contributed by atoms with E-state index in [9.17, 15) is 19.7 Å². The highest BCUT2D eigenvalue weighted by Crippen LogP contribution is 2.30. The molecule has 7 nitrogen and oxygen atoms in total. The zero-order valence-corrected chi connectivity index (χ0v) is 14.1. The number of benzene rings is 1. The molecule has 1 aromatic rings. The Morgan fingerprint density at radius 2 is 1.87 bits per heavy atom. The normalized spacial score (nSPS) is 10.3. The van der Waals surface area contributed by atoms with Crippen molar-refractivity contribution in [2.75, 3.05) is 18.8 Å². The van der Waals surface area contributed by atoms with E-state index in [2.05, 4.69) is 0 Å². The van der Waals surface area contributed by atoms with Crippen LogP contribution in [0.2, 0.25) is 0 Å². The summed E-state index contributed by atoms with van der Waals surface area (Å²) in [5.74, 6) is -0.652. The van der Waals surface area contributed by atoms with Gasteiger partial charge in [0.05, 0.1) is 15.6 Å². The van der Waals surface area contributed by atoms with Crippen LogP contribution >= 0.6 is 11.8 Å². The van der Waals surface area contributed by atoms with E-state index < -0.39 is 10.8 Å². The number of rotatable bonds is 9. The largest absolute Gasteiger partial charge is 0.366 e. The number of nitro groups is 1. The minimum Gasteiger partial charge on any atom is -0.366 e. The Hall–Kier alpha value is -2.09. The number of nitrogens with zero attached hydrogens (tertiary/aromatic N) is 2. The Balaban J connectivity index is 2.86. The van der Waals surface area contributed by atoms with Crippen molar-refractivity contribution in [3.63, 3.8) is 0 Å². The highest BCUT2D eigenvalue weighted by atomic mass is 32.2. The van der Waals surface area contributed by atoms with Crippen LogP contribution in [0.1, 0.15) is 37.0 Å². The van der Waals surface area contributed by atoms with Gasteiger partial charge in [-0.1, -0.05) is 13.8 Å². The van der Waals surface area contributed by atoms with Crippen LogP contribution in [0.15, 0.2) is 23.1 Å². The van der Waals surface area contributed by atoms with Gasteiger partial charge in [-0.15, -0.1) is 11.8 Å². The first-order valence-corrected chi connectivity index (χ1v) is 8.38. The van der Waals surface area contributed by atoms with E-state index in [1.54, 1.807) is 4.90 Å². The maximum absolute atomic E-state index is 12.2. The highest BCUT2D eigenvalue weighted by Gasteiger charge is 2.19. The number of hydrogen-bond donors (Lipinski definition) is 1. The zero-order chi connectivity index (χ0) is 17.4. The van der Waals surface area contributed by atoms with E-state index in [1.165, 1.54) is 12.1 Å². The molecule has 0 heterocycles. The van der Waals surface area contributed by atoms with Crippen LogP contribution in [-0.4, -0.2) is 40.5 Å². The number of hydrogen-bond acceptors (Lipinski definition) is 5. The maximum atomic E-state index is 12.2. The minimum atomic E-state index is -0.724. The van der Waals surface area contributed by atoms with Gasteiger partial charge in [0.25, 0.3) is 5.69 Å². The van der Waals surface area contributed by atoms with Gasteiger partial charge in [-0.2, -0.15) is 0 Å². The SMILES string of the molecule is CCCN(CCC)C(=O)CSc1ccc(C(N)=O)cc1[N+](=O)[O-]. The van der Waals surface area contributed by atoms with Crippen molar-refractivity contribution >= 4 is 29.3 Å². The van der Waals surface area contributed by atoms with E-state index in [0.717, 1.165) is 30.7 Å². The molecule has 23 heavy (non-hydrogen) atoms. The fourth-order valence-electron chi connectivity index (χ4n) is 2.07.